The molecule has 0 atom stereocenters. The first-order chi connectivity index (χ1) is 9.03. The molecule has 6 heteroatoms. The number of sulfonamides is 1. The standard InChI is InChI=1S/C13H19BrN2O2S/c1-2-16(12-6-7-12)9-8-15-19(17,18)13-5-3-4-11(14)10-13/h3-5,10,12,15H,2,6-9H2,1H3. The van der Waals surface area contributed by atoms with Gasteiger partial charge in [-0.15, -0.1) is 0 Å². The third kappa shape index (κ3) is 4.27. The van der Waals surface area contributed by atoms with E-state index in [0.29, 0.717) is 17.5 Å². The largest absolute Gasteiger partial charge is 0.299 e. The maximum absolute atomic E-state index is 12.1. The van der Waals surface area contributed by atoms with E-state index in [-0.39, 0.29) is 0 Å². The highest BCUT2D eigenvalue weighted by atomic mass is 79.9. The lowest BCUT2D eigenvalue weighted by molar-refractivity contribution is 0.282. The summed E-state index contributed by atoms with van der Waals surface area (Å²) < 4.78 is 27.6. The molecule has 0 amide bonds. The number of benzene rings is 1. The van der Waals surface area contributed by atoms with Crippen molar-refractivity contribution in [2.45, 2.75) is 30.7 Å². The zero-order chi connectivity index (χ0) is 13.9. The quantitative estimate of drug-likeness (QED) is 0.823. The highest BCUT2D eigenvalue weighted by Crippen LogP contribution is 2.25. The number of hydrogen-bond acceptors (Lipinski definition) is 3. The van der Waals surface area contributed by atoms with E-state index in [4.69, 9.17) is 0 Å². The first kappa shape index (κ1) is 15.0. The number of likely N-dealkylation sites (N-methyl/N-ethyl adjacent to an activating group) is 1. The fourth-order valence-electron chi connectivity index (χ4n) is 2.08. The molecule has 1 saturated carbocycles. The summed E-state index contributed by atoms with van der Waals surface area (Å²) in [6.07, 6.45) is 2.48. The Kier molecular flexibility index (Phi) is 5.00. The molecule has 0 aliphatic heterocycles. The van der Waals surface area contributed by atoms with Crippen LogP contribution in [0.2, 0.25) is 0 Å². The number of rotatable bonds is 7. The lowest BCUT2D eigenvalue weighted by Crippen LogP contribution is -2.36. The van der Waals surface area contributed by atoms with Gasteiger partial charge in [-0.2, -0.15) is 0 Å². The second kappa shape index (κ2) is 6.35. The summed E-state index contributed by atoms with van der Waals surface area (Å²) >= 11 is 3.28. The Morgan fingerprint density at radius 3 is 2.74 bits per heavy atom. The van der Waals surface area contributed by atoms with Gasteiger partial charge in [-0.1, -0.05) is 28.9 Å². The minimum absolute atomic E-state index is 0.302. The van der Waals surface area contributed by atoms with Crippen LogP contribution in [0, 0.1) is 0 Å². The fourth-order valence-corrected chi connectivity index (χ4v) is 3.70. The normalized spacial score (nSPS) is 15.9. The first-order valence-electron chi connectivity index (χ1n) is 6.52. The van der Waals surface area contributed by atoms with Crippen LogP contribution in [0.4, 0.5) is 0 Å². The van der Waals surface area contributed by atoms with E-state index < -0.39 is 10.0 Å². The van der Waals surface area contributed by atoms with Gasteiger partial charge in [-0.25, -0.2) is 13.1 Å². The van der Waals surface area contributed by atoms with Crippen molar-refractivity contribution >= 4 is 26.0 Å². The van der Waals surface area contributed by atoms with Crippen LogP contribution in [0.3, 0.4) is 0 Å². The Morgan fingerprint density at radius 1 is 1.42 bits per heavy atom. The zero-order valence-corrected chi connectivity index (χ0v) is 13.4. The summed E-state index contributed by atoms with van der Waals surface area (Å²) in [4.78, 5) is 2.63. The predicted molar refractivity (Wildman–Crippen MR) is 79.6 cm³/mol. The molecule has 0 spiro atoms. The molecule has 1 aliphatic carbocycles. The summed E-state index contributed by atoms with van der Waals surface area (Å²) in [6, 6.07) is 7.42. The second-order valence-electron chi connectivity index (χ2n) is 4.71. The van der Waals surface area contributed by atoms with Gasteiger partial charge in [0, 0.05) is 23.6 Å². The van der Waals surface area contributed by atoms with Crippen LogP contribution >= 0.6 is 15.9 Å². The molecule has 0 heterocycles. The molecule has 106 valence electrons. The first-order valence-corrected chi connectivity index (χ1v) is 8.80. The van der Waals surface area contributed by atoms with Gasteiger partial charge in [-0.3, -0.25) is 4.90 Å². The molecule has 1 N–H and O–H groups in total. The average Bonchev–Trinajstić information content (AvgIpc) is 3.19. The summed E-state index contributed by atoms with van der Waals surface area (Å²) in [6.45, 7) is 4.32. The van der Waals surface area contributed by atoms with E-state index in [2.05, 4.69) is 32.5 Å². The predicted octanol–water partition coefficient (Wildman–Crippen LogP) is 2.21. The van der Waals surface area contributed by atoms with Crippen LogP contribution in [-0.4, -0.2) is 39.0 Å². The van der Waals surface area contributed by atoms with Crippen LogP contribution in [0.25, 0.3) is 0 Å². The number of hydrogen-bond donors (Lipinski definition) is 1. The van der Waals surface area contributed by atoms with Crippen LogP contribution < -0.4 is 4.72 Å². The van der Waals surface area contributed by atoms with E-state index in [9.17, 15) is 8.42 Å². The monoisotopic (exact) mass is 346 g/mol. The lowest BCUT2D eigenvalue weighted by atomic mass is 10.4. The van der Waals surface area contributed by atoms with Crippen LogP contribution in [0.1, 0.15) is 19.8 Å². The van der Waals surface area contributed by atoms with Crippen molar-refractivity contribution in [1.29, 1.82) is 0 Å². The number of nitrogens with one attached hydrogen (secondary N) is 1. The van der Waals surface area contributed by atoms with Crippen molar-refractivity contribution in [3.8, 4) is 0 Å². The molecule has 0 unspecified atom stereocenters. The molecular formula is C13H19BrN2O2S. The molecule has 0 radical (unpaired) electrons. The SMILES string of the molecule is CCN(CCNS(=O)(=O)c1cccc(Br)c1)C1CC1. The second-order valence-corrected chi connectivity index (χ2v) is 7.40. The van der Waals surface area contributed by atoms with Gasteiger partial charge in [0.2, 0.25) is 10.0 Å². The van der Waals surface area contributed by atoms with Crippen molar-refractivity contribution in [1.82, 2.24) is 9.62 Å². The maximum atomic E-state index is 12.1. The molecular weight excluding hydrogens is 328 g/mol. The maximum Gasteiger partial charge on any atom is 0.240 e. The molecule has 19 heavy (non-hydrogen) atoms. The minimum Gasteiger partial charge on any atom is -0.299 e. The summed E-state index contributed by atoms with van der Waals surface area (Å²) in [5, 5.41) is 0. The molecule has 1 aliphatic rings. The van der Waals surface area contributed by atoms with Crippen molar-refractivity contribution in [3.05, 3.63) is 28.7 Å². The molecule has 2 rings (SSSR count). The summed E-state index contributed by atoms with van der Waals surface area (Å²) in [5.41, 5.74) is 0. The van der Waals surface area contributed by atoms with E-state index in [1.165, 1.54) is 12.8 Å². The minimum atomic E-state index is -3.40. The van der Waals surface area contributed by atoms with Gasteiger partial charge in [0.05, 0.1) is 4.90 Å². The topological polar surface area (TPSA) is 49.4 Å². The molecule has 1 aromatic rings. The van der Waals surface area contributed by atoms with Gasteiger partial charge < -0.3 is 0 Å². The molecule has 1 fully saturated rings. The average molecular weight is 347 g/mol. The van der Waals surface area contributed by atoms with Crippen molar-refractivity contribution in [2.24, 2.45) is 0 Å². The highest BCUT2D eigenvalue weighted by Gasteiger charge is 2.27. The van der Waals surface area contributed by atoms with Crippen molar-refractivity contribution in [2.75, 3.05) is 19.6 Å². The van der Waals surface area contributed by atoms with Gasteiger partial charge in [0.15, 0.2) is 0 Å². The zero-order valence-electron chi connectivity index (χ0n) is 11.0. The Balaban J connectivity index is 1.90. The number of nitrogens with zero attached hydrogens (tertiary/aromatic N) is 1. The fraction of sp³-hybridized carbons (Fsp3) is 0.538. The molecule has 0 aromatic heterocycles. The van der Waals surface area contributed by atoms with Crippen LogP contribution in [0.5, 0.6) is 0 Å². The van der Waals surface area contributed by atoms with Crippen LogP contribution in [-0.2, 0) is 10.0 Å². The van der Waals surface area contributed by atoms with Gasteiger partial charge in [-0.05, 0) is 37.6 Å². The molecule has 1 aromatic carbocycles. The molecule has 4 nitrogen and oxygen atoms in total. The van der Waals surface area contributed by atoms with Crippen molar-refractivity contribution in [3.63, 3.8) is 0 Å². The van der Waals surface area contributed by atoms with Gasteiger partial charge in [0.1, 0.15) is 0 Å². The van der Waals surface area contributed by atoms with E-state index >= 15 is 0 Å². The van der Waals surface area contributed by atoms with Gasteiger partial charge >= 0.3 is 0 Å². The Hall–Kier alpha value is -0.430. The summed E-state index contributed by atoms with van der Waals surface area (Å²) in [7, 11) is -3.40. The molecule has 0 saturated heterocycles. The van der Waals surface area contributed by atoms with Crippen LogP contribution in [0.15, 0.2) is 33.6 Å². The third-order valence-electron chi connectivity index (χ3n) is 3.27. The highest BCUT2D eigenvalue weighted by molar-refractivity contribution is 9.10. The third-order valence-corrected chi connectivity index (χ3v) is 5.22. The van der Waals surface area contributed by atoms with E-state index in [1.54, 1.807) is 18.2 Å². The Labute approximate surface area is 123 Å². The summed E-state index contributed by atoms with van der Waals surface area (Å²) in [5.74, 6) is 0. The van der Waals surface area contributed by atoms with E-state index in [1.807, 2.05) is 6.07 Å². The Bertz CT molecular complexity index is 529. The Morgan fingerprint density at radius 2 is 2.16 bits per heavy atom. The van der Waals surface area contributed by atoms with Crippen molar-refractivity contribution < 1.29 is 8.42 Å². The molecule has 0 bridgehead atoms. The van der Waals surface area contributed by atoms with E-state index in [0.717, 1.165) is 17.6 Å². The smallest absolute Gasteiger partial charge is 0.240 e. The number of halogens is 1. The lowest BCUT2D eigenvalue weighted by Gasteiger charge is -2.19. The van der Waals surface area contributed by atoms with Gasteiger partial charge in [0.25, 0.3) is 0 Å².